The molecule has 0 atom stereocenters. The van der Waals surface area contributed by atoms with Gasteiger partial charge in [-0.3, -0.25) is 4.79 Å². The minimum absolute atomic E-state index is 0.0693. The summed E-state index contributed by atoms with van der Waals surface area (Å²) in [4.78, 5) is 30.1. The Morgan fingerprint density at radius 2 is 2.23 bits per heavy atom. The molecular formula is C18H19N5O2S. The molecule has 3 aromatic heterocycles. The number of hydrogen-bond acceptors (Lipinski definition) is 6. The van der Waals surface area contributed by atoms with Crippen LogP contribution in [0, 0.1) is 0 Å². The highest BCUT2D eigenvalue weighted by atomic mass is 32.1. The van der Waals surface area contributed by atoms with E-state index in [2.05, 4.69) is 24.8 Å². The van der Waals surface area contributed by atoms with Gasteiger partial charge in [0.15, 0.2) is 0 Å². The molecule has 7 nitrogen and oxygen atoms in total. The lowest BCUT2D eigenvalue weighted by atomic mass is 10.1. The highest BCUT2D eigenvalue weighted by molar-refractivity contribution is 7.12. The number of piperazine rings is 1. The Bertz CT molecular complexity index is 977. The topological polar surface area (TPSA) is 74.3 Å². The van der Waals surface area contributed by atoms with Crippen LogP contribution in [-0.2, 0) is 0 Å². The van der Waals surface area contributed by atoms with Crippen molar-refractivity contribution in [2.24, 2.45) is 0 Å². The fourth-order valence-electron chi connectivity index (χ4n) is 3.83. The van der Waals surface area contributed by atoms with E-state index in [0.717, 1.165) is 53.4 Å². The van der Waals surface area contributed by atoms with Crippen molar-refractivity contribution in [3.8, 4) is 5.75 Å². The minimum atomic E-state index is -0.0693. The molecule has 1 saturated heterocycles. The number of aromatic nitrogens is 3. The van der Waals surface area contributed by atoms with Crippen LogP contribution in [0.15, 0.2) is 30.0 Å². The van der Waals surface area contributed by atoms with Crippen LogP contribution in [0.2, 0.25) is 0 Å². The smallest absolute Gasteiger partial charge is 0.264 e. The molecule has 1 spiro atoms. The molecule has 3 aromatic rings. The van der Waals surface area contributed by atoms with Crippen LogP contribution in [0.1, 0.15) is 22.5 Å². The van der Waals surface area contributed by atoms with E-state index in [-0.39, 0.29) is 11.4 Å². The first-order valence-corrected chi connectivity index (χ1v) is 9.56. The van der Waals surface area contributed by atoms with Crippen molar-refractivity contribution in [1.82, 2.24) is 19.9 Å². The number of anilines is 1. The number of ether oxygens (including phenoxy) is 1. The number of thiophene rings is 1. The SMILES string of the molecule is COc1csc(C(=O)N2CCN(c3ncnc4[nH]ccc34)CC23CC3)c1. The number of H-pyrrole nitrogens is 1. The molecule has 0 unspecified atom stereocenters. The van der Waals surface area contributed by atoms with Crippen LogP contribution in [0.25, 0.3) is 11.0 Å². The van der Waals surface area contributed by atoms with E-state index in [4.69, 9.17) is 4.74 Å². The van der Waals surface area contributed by atoms with Gasteiger partial charge in [-0.05, 0) is 18.9 Å². The molecular weight excluding hydrogens is 350 g/mol. The third kappa shape index (κ3) is 2.36. The maximum atomic E-state index is 13.0. The Balaban J connectivity index is 1.41. The molecule has 0 aromatic carbocycles. The van der Waals surface area contributed by atoms with Crippen LogP contribution in [0.3, 0.4) is 0 Å². The predicted molar refractivity (Wildman–Crippen MR) is 100.0 cm³/mol. The molecule has 1 N–H and O–H groups in total. The van der Waals surface area contributed by atoms with Gasteiger partial charge in [0.25, 0.3) is 5.91 Å². The molecule has 0 radical (unpaired) electrons. The van der Waals surface area contributed by atoms with Gasteiger partial charge in [0.1, 0.15) is 23.5 Å². The number of methoxy groups -OCH3 is 1. The molecule has 4 heterocycles. The molecule has 2 aliphatic rings. The summed E-state index contributed by atoms with van der Waals surface area (Å²) >= 11 is 1.45. The van der Waals surface area contributed by atoms with Gasteiger partial charge in [0, 0.05) is 37.3 Å². The summed E-state index contributed by atoms with van der Waals surface area (Å²) in [6.07, 6.45) is 5.57. The molecule has 1 saturated carbocycles. The van der Waals surface area contributed by atoms with Gasteiger partial charge in [-0.15, -0.1) is 11.3 Å². The minimum Gasteiger partial charge on any atom is -0.496 e. The van der Waals surface area contributed by atoms with Crippen LogP contribution < -0.4 is 9.64 Å². The number of fused-ring (bicyclic) bond motifs is 1. The van der Waals surface area contributed by atoms with Gasteiger partial charge in [-0.1, -0.05) is 0 Å². The van der Waals surface area contributed by atoms with Crippen molar-refractivity contribution < 1.29 is 9.53 Å². The van der Waals surface area contributed by atoms with Gasteiger partial charge in [-0.2, -0.15) is 0 Å². The van der Waals surface area contributed by atoms with Crippen LogP contribution >= 0.6 is 11.3 Å². The van der Waals surface area contributed by atoms with E-state index < -0.39 is 0 Å². The Morgan fingerprint density at radius 1 is 1.35 bits per heavy atom. The summed E-state index contributed by atoms with van der Waals surface area (Å²) in [6, 6.07) is 3.85. The molecule has 2 fully saturated rings. The maximum absolute atomic E-state index is 13.0. The second-order valence-electron chi connectivity index (χ2n) is 6.89. The van der Waals surface area contributed by atoms with Crippen molar-refractivity contribution in [1.29, 1.82) is 0 Å². The molecule has 1 aliphatic carbocycles. The number of nitrogens with zero attached hydrogens (tertiary/aromatic N) is 4. The highest BCUT2D eigenvalue weighted by Gasteiger charge is 2.53. The van der Waals surface area contributed by atoms with Crippen molar-refractivity contribution >= 4 is 34.1 Å². The van der Waals surface area contributed by atoms with E-state index in [9.17, 15) is 4.79 Å². The number of carbonyl (C=O) groups is 1. The first kappa shape index (κ1) is 15.6. The monoisotopic (exact) mass is 369 g/mol. The highest BCUT2D eigenvalue weighted by Crippen LogP contribution is 2.46. The number of rotatable bonds is 3. The van der Waals surface area contributed by atoms with E-state index in [1.54, 1.807) is 13.4 Å². The molecule has 5 rings (SSSR count). The van der Waals surface area contributed by atoms with Gasteiger partial charge in [-0.25, -0.2) is 9.97 Å². The number of amides is 1. The summed E-state index contributed by atoms with van der Waals surface area (Å²) in [5, 5.41) is 2.91. The quantitative estimate of drug-likeness (QED) is 0.768. The third-order valence-electron chi connectivity index (χ3n) is 5.38. The van der Waals surface area contributed by atoms with Crippen molar-refractivity contribution in [2.45, 2.75) is 18.4 Å². The average Bonchev–Trinajstić information content (AvgIpc) is 3.11. The molecule has 26 heavy (non-hydrogen) atoms. The second-order valence-corrected chi connectivity index (χ2v) is 7.80. The van der Waals surface area contributed by atoms with Crippen molar-refractivity contribution in [3.05, 3.63) is 34.9 Å². The average molecular weight is 369 g/mol. The summed E-state index contributed by atoms with van der Waals surface area (Å²) in [5.41, 5.74) is 0.782. The van der Waals surface area contributed by atoms with Crippen LogP contribution in [-0.4, -0.2) is 58.0 Å². The van der Waals surface area contributed by atoms with Crippen LogP contribution in [0.4, 0.5) is 5.82 Å². The van der Waals surface area contributed by atoms with Crippen molar-refractivity contribution in [2.75, 3.05) is 31.6 Å². The third-order valence-corrected chi connectivity index (χ3v) is 6.27. The van der Waals surface area contributed by atoms with Crippen LogP contribution in [0.5, 0.6) is 5.75 Å². The first-order valence-electron chi connectivity index (χ1n) is 8.68. The predicted octanol–water partition coefficient (Wildman–Crippen LogP) is 2.52. The number of carbonyl (C=O) groups excluding carboxylic acids is 1. The maximum Gasteiger partial charge on any atom is 0.264 e. The Hall–Kier alpha value is -2.61. The van der Waals surface area contributed by atoms with E-state index >= 15 is 0 Å². The normalized spacial score (nSPS) is 18.5. The zero-order chi connectivity index (χ0) is 17.7. The van der Waals surface area contributed by atoms with Gasteiger partial charge >= 0.3 is 0 Å². The number of aromatic amines is 1. The molecule has 1 amide bonds. The molecule has 0 bridgehead atoms. The van der Waals surface area contributed by atoms with E-state index in [1.165, 1.54) is 11.3 Å². The lowest BCUT2D eigenvalue weighted by Gasteiger charge is -2.42. The van der Waals surface area contributed by atoms with Crippen molar-refractivity contribution in [3.63, 3.8) is 0 Å². The number of hydrogen-bond donors (Lipinski definition) is 1. The summed E-state index contributed by atoms with van der Waals surface area (Å²) in [7, 11) is 1.63. The van der Waals surface area contributed by atoms with E-state index in [1.807, 2.05) is 23.7 Å². The lowest BCUT2D eigenvalue weighted by molar-refractivity contribution is 0.0629. The molecule has 8 heteroatoms. The zero-order valence-electron chi connectivity index (χ0n) is 14.4. The summed E-state index contributed by atoms with van der Waals surface area (Å²) < 4.78 is 5.22. The van der Waals surface area contributed by atoms with Gasteiger partial charge < -0.3 is 19.5 Å². The zero-order valence-corrected chi connectivity index (χ0v) is 15.3. The largest absolute Gasteiger partial charge is 0.496 e. The first-order chi connectivity index (χ1) is 12.7. The Morgan fingerprint density at radius 3 is 3.00 bits per heavy atom. The molecule has 134 valence electrons. The fourth-order valence-corrected chi connectivity index (χ4v) is 4.63. The lowest BCUT2D eigenvalue weighted by Crippen LogP contribution is -2.57. The summed E-state index contributed by atoms with van der Waals surface area (Å²) in [5.74, 6) is 1.81. The molecule has 1 aliphatic heterocycles. The Kier molecular flexibility index (Phi) is 3.43. The van der Waals surface area contributed by atoms with Gasteiger partial charge in [0.2, 0.25) is 0 Å². The number of nitrogens with one attached hydrogen (secondary N) is 1. The van der Waals surface area contributed by atoms with E-state index in [0.29, 0.717) is 6.54 Å². The standard InChI is InChI=1S/C18H19N5O2S/c1-25-12-8-14(26-9-12)17(24)23-7-6-22(10-18(23)3-4-18)16-13-2-5-19-15(13)20-11-21-16/h2,5,8-9,11H,3-4,6-7,10H2,1H3,(H,19,20,21). The Labute approximate surface area is 154 Å². The summed E-state index contributed by atoms with van der Waals surface area (Å²) in [6.45, 7) is 2.29. The second kappa shape index (κ2) is 5.70. The fraction of sp³-hybridized carbons (Fsp3) is 0.389. The van der Waals surface area contributed by atoms with Gasteiger partial charge in [0.05, 0.1) is 22.9 Å².